The minimum Gasteiger partial charge on any atom is -0.367 e. The quantitative estimate of drug-likeness (QED) is 0.936. The highest BCUT2D eigenvalue weighted by Crippen LogP contribution is 2.25. The lowest BCUT2D eigenvalue weighted by atomic mass is 10.1. The van der Waals surface area contributed by atoms with Crippen LogP contribution in [0.15, 0.2) is 24.9 Å². The van der Waals surface area contributed by atoms with Gasteiger partial charge in [-0.15, -0.1) is 0 Å². The molecule has 0 radical (unpaired) electrons. The predicted octanol–water partition coefficient (Wildman–Crippen LogP) is 2.25. The highest BCUT2D eigenvalue weighted by Gasteiger charge is 2.17. The van der Waals surface area contributed by atoms with Gasteiger partial charge in [-0.25, -0.2) is 14.6 Å². The van der Waals surface area contributed by atoms with E-state index in [1.807, 2.05) is 20.0 Å². The third-order valence-corrected chi connectivity index (χ3v) is 3.96. The molecule has 0 atom stereocenters. The molecule has 1 N–H and O–H groups in total. The van der Waals surface area contributed by atoms with Gasteiger partial charge in [-0.05, 0) is 19.3 Å². The molecular weight excluding hydrogens is 292 g/mol. The van der Waals surface area contributed by atoms with E-state index >= 15 is 0 Å². The molecule has 1 aliphatic heterocycles. The second-order valence-electron chi connectivity index (χ2n) is 6.10. The van der Waals surface area contributed by atoms with Crippen molar-refractivity contribution < 1.29 is 4.79 Å². The second kappa shape index (κ2) is 6.76. The van der Waals surface area contributed by atoms with Crippen molar-refractivity contribution in [2.45, 2.75) is 33.1 Å². The van der Waals surface area contributed by atoms with Crippen LogP contribution in [0.4, 0.5) is 11.4 Å². The van der Waals surface area contributed by atoms with E-state index in [1.165, 1.54) is 25.6 Å². The van der Waals surface area contributed by atoms with Crippen LogP contribution in [-0.4, -0.2) is 38.7 Å². The van der Waals surface area contributed by atoms with E-state index in [-0.39, 0.29) is 11.8 Å². The monoisotopic (exact) mass is 314 g/mol. The minimum atomic E-state index is -0.0682. The maximum Gasteiger partial charge on any atom is 0.227 e. The van der Waals surface area contributed by atoms with Gasteiger partial charge in [-0.3, -0.25) is 4.79 Å². The minimum absolute atomic E-state index is 0.0245. The molecule has 23 heavy (non-hydrogen) atoms. The number of amides is 1. The topological polar surface area (TPSA) is 75.9 Å². The number of nitrogens with one attached hydrogen (secondary N) is 1. The van der Waals surface area contributed by atoms with Gasteiger partial charge in [0, 0.05) is 19.0 Å². The highest BCUT2D eigenvalue weighted by molar-refractivity contribution is 5.91. The normalized spacial score (nSPS) is 15.0. The summed E-state index contributed by atoms with van der Waals surface area (Å²) < 4.78 is 1.70. The van der Waals surface area contributed by atoms with Gasteiger partial charge in [0.05, 0.1) is 24.3 Å². The van der Waals surface area contributed by atoms with Crippen LogP contribution >= 0.6 is 0 Å². The van der Waals surface area contributed by atoms with Crippen molar-refractivity contribution in [1.29, 1.82) is 0 Å². The molecule has 3 heterocycles. The molecule has 0 aliphatic carbocycles. The molecule has 1 amide bonds. The smallest absolute Gasteiger partial charge is 0.227 e. The summed E-state index contributed by atoms with van der Waals surface area (Å²) in [6.07, 6.45) is 10.4. The number of carbonyl (C=O) groups is 1. The van der Waals surface area contributed by atoms with E-state index in [9.17, 15) is 4.79 Å². The summed E-state index contributed by atoms with van der Waals surface area (Å²) >= 11 is 0. The highest BCUT2D eigenvalue weighted by atomic mass is 16.1. The number of rotatable bonds is 4. The fourth-order valence-electron chi connectivity index (χ4n) is 2.64. The zero-order valence-corrected chi connectivity index (χ0v) is 13.6. The standard InChI is InChI=1S/C16H22N6O/c1-12(2)16(23)20-13-8-19-22(10-13)15-14(9-17-11-18-15)21-6-4-3-5-7-21/h8-12H,3-7H2,1-2H3,(H,20,23). The molecule has 0 saturated carbocycles. The Morgan fingerprint density at radius 2 is 2.00 bits per heavy atom. The maximum absolute atomic E-state index is 11.8. The van der Waals surface area contributed by atoms with Crippen LogP contribution in [0.3, 0.4) is 0 Å². The van der Waals surface area contributed by atoms with Gasteiger partial charge >= 0.3 is 0 Å². The molecule has 1 saturated heterocycles. The molecule has 7 nitrogen and oxygen atoms in total. The van der Waals surface area contributed by atoms with Gasteiger partial charge in [0.25, 0.3) is 0 Å². The first-order valence-corrected chi connectivity index (χ1v) is 8.06. The van der Waals surface area contributed by atoms with Gasteiger partial charge in [0.2, 0.25) is 5.91 Å². The number of anilines is 2. The zero-order chi connectivity index (χ0) is 16.2. The summed E-state index contributed by atoms with van der Waals surface area (Å²) in [5.74, 6) is 0.650. The average Bonchev–Trinajstić information content (AvgIpc) is 3.04. The molecule has 0 bridgehead atoms. The summed E-state index contributed by atoms with van der Waals surface area (Å²) in [5.41, 5.74) is 1.66. The van der Waals surface area contributed by atoms with Crippen molar-refractivity contribution in [2.24, 2.45) is 5.92 Å². The largest absolute Gasteiger partial charge is 0.367 e. The molecule has 2 aromatic heterocycles. The molecule has 3 rings (SSSR count). The third-order valence-electron chi connectivity index (χ3n) is 3.96. The number of hydrogen-bond acceptors (Lipinski definition) is 5. The van der Waals surface area contributed by atoms with Crippen molar-refractivity contribution in [1.82, 2.24) is 19.7 Å². The van der Waals surface area contributed by atoms with E-state index in [4.69, 9.17) is 0 Å². The number of piperidine rings is 1. The second-order valence-corrected chi connectivity index (χ2v) is 6.10. The van der Waals surface area contributed by atoms with Crippen molar-refractivity contribution in [3.05, 3.63) is 24.9 Å². The van der Waals surface area contributed by atoms with Gasteiger partial charge in [0.15, 0.2) is 5.82 Å². The van der Waals surface area contributed by atoms with Crippen LogP contribution < -0.4 is 10.2 Å². The molecule has 122 valence electrons. The Morgan fingerprint density at radius 3 is 2.74 bits per heavy atom. The van der Waals surface area contributed by atoms with Crippen LogP contribution in [0.5, 0.6) is 0 Å². The van der Waals surface area contributed by atoms with Gasteiger partial charge in [-0.1, -0.05) is 13.8 Å². The lowest BCUT2D eigenvalue weighted by Crippen LogP contribution is -2.30. The Morgan fingerprint density at radius 1 is 1.22 bits per heavy atom. The van der Waals surface area contributed by atoms with Gasteiger partial charge in [-0.2, -0.15) is 5.10 Å². The van der Waals surface area contributed by atoms with E-state index in [2.05, 4.69) is 25.3 Å². The number of aromatic nitrogens is 4. The van der Waals surface area contributed by atoms with Gasteiger partial charge in [0.1, 0.15) is 12.0 Å². The number of nitrogens with zero attached hydrogens (tertiary/aromatic N) is 5. The predicted molar refractivity (Wildman–Crippen MR) is 88.7 cm³/mol. The lowest BCUT2D eigenvalue weighted by Gasteiger charge is -2.29. The molecule has 0 spiro atoms. The Labute approximate surface area is 135 Å². The van der Waals surface area contributed by atoms with E-state index in [0.29, 0.717) is 5.69 Å². The molecule has 0 aromatic carbocycles. The first-order chi connectivity index (χ1) is 11.1. The molecule has 1 aliphatic rings. The number of carbonyl (C=O) groups excluding carboxylic acids is 1. The van der Waals surface area contributed by atoms with Crippen LogP contribution in [0.25, 0.3) is 5.82 Å². The first kappa shape index (κ1) is 15.5. The Bertz CT molecular complexity index is 675. The van der Waals surface area contributed by atoms with Crippen LogP contribution in [0, 0.1) is 5.92 Å². The molecular formula is C16H22N6O. The zero-order valence-electron chi connectivity index (χ0n) is 13.6. The fourth-order valence-corrected chi connectivity index (χ4v) is 2.64. The molecule has 1 fully saturated rings. The third kappa shape index (κ3) is 3.49. The number of hydrogen-bond donors (Lipinski definition) is 1. The van der Waals surface area contributed by atoms with Crippen molar-refractivity contribution >= 4 is 17.3 Å². The molecule has 7 heteroatoms. The summed E-state index contributed by atoms with van der Waals surface area (Å²) in [4.78, 5) is 22.6. The average molecular weight is 314 g/mol. The van der Waals surface area contributed by atoms with E-state index in [1.54, 1.807) is 17.1 Å². The summed E-state index contributed by atoms with van der Waals surface area (Å²) in [5, 5.41) is 7.19. The summed E-state index contributed by atoms with van der Waals surface area (Å²) in [7, 11) is 0. The first-order valence-electron chi connectivity index (χ1n) is 8.06. The maximum atomic E-state index is 11.8. The van der Waals surface area contributed by atoms with Crippen LogP contribution in [0.1, 0.15) is 33.1 Å². The van der Waals surface area contributed by atoms with Crippen molar-refractivity contribution in [3.63, 3.8) is 0 Å². The summed E-state index contributed by atoms with van der Waals surface area (Å²) in [6, 6.07) is 0. The summed E-state index contributed by atoms with van der Waals surface area (Å²) in [6.45, 7) is 5.74. The van der Waals surface area contributed by atoms with Gasteiger partial charge < -0.3 is 10.2 Å². The molecule has 2 aromatic rings. The Balaban J connectivity index is 1.84. The fraction of sp³-hybridized carbons (Fsp3) is 0.500. The Hall–Kier alpha value is -2.44. The Kier molecular flexibility index (Phi) is 4.55. The van der Waals surface area contributed by atoms with Crippen molar-refractivity contribution in [3.8, 4) is 5.82 Å². The van der Waals surface area contributed by atoms with Crippen LogP contribution in [-0.2, 0) is 4.79 Å². The van der Waals surface area contributed by atoms with E-state index < -0.39 is 0 Å². The lowest BCUT2D eigenvalue weighted by molar-refractivity contribution is -0.118. The van der Waals surface area contributed by atoms with Crippen LogP contribution in [0.2, 0.25) is 0 Å². The van der Waals surface area contributed by atoms with Crippen molar-refractivity contribution in [2.75, 3.05) is 23.3 Å². The van der Waals surface area contributed by atoms with E-state index in [0.717, 1.165) is 24.6 Å². The molecule has 0 unspecified atom stereocenters. The SMILES string of the molecule is CC(C)C(=O)Nc1cnn(-c2ncncc2N2CCCCC2)c1.